The Morgan fingerprint density at radius 3 is 1.06 bits per heavy atom. The monoisotopic (exact) mass is 1280 g/mol. The molecule has 0 aliphatic carbocycles. The Morgan fingerprint density at radius 2 is 0.736 bits per heavy atom. The SMILES string of the molecule is C=Cc1ccc(NC(=O)C(F)(F)S(=O)(=O)OC(C)C(=O)c2ccccc2)c(F)c1.C=Cc1ccc(NC(=O)C(F)(F)S(=O)(=O)OC(C)C(=O)c2ccccc2)c(OC)c1.C=Cc1ccc(NC(=O)C(F)(F)S(=O)(=O)OC(C)C(=O)c2ccccc2)cc1. The maximum absolute atomic E-state index is 14.4. The number of alkyl halides is 6. The molecular formula is C58H52F7N3O16S3. The highest BCUT2D eigenvalue weighted by molar-refractivity contribution is 7.89. The minimum absolute atomic E-state index is 0.0162. The first-order valence-corrected chi connectivity index (χ1v) is 28.9. The number of benzene rings is 6. The second-order valence-electron chi connectivity index (χ2n) is 17.6. The van der Waals surface area contributed by atoms with Crippen molar-refractivity contribution in [1.82, 2.24) is 0 Å². The van der Waals surface area contributed by atoms with E-state index in [1.54, 1.807) is 28.8 Å². The number of halogens is 7. The van der Waals surface area contributed by atoms with E-state index in [1.165, 1.54) is 152 Å². The van der Waals surface area contributed by atoms with Crippen molar-refractivity contribution in [2.45, 2.75) is 54.8 Å². The van der Waals surface area contributed by atoms with Crippen LogP contribution in [0.3, 0.4) is 0 Å². The lowest BCUT2D eigenvalue weighted by molar-refractivity contribution is -0.131. The van der Waals surface area contributed by atoms with Gasteiger partial charge in [-0.3, -0.25) is 41.3 Å². The average Bonchev–Trinajstić information content (AvgIpc) is 1.61. The van der Waals surface area contributed by atoms with Gasteiger partial charge in [-0.15, -0.1) is 0 Å². The van der Waals surface area contributed by atoms with E-state index in [2.05, 4.69) is 32.3 Å². The third-order valence-electron chi connectivity index (χ3n) is 11.4. The van der Waals surface area contributed by atoms with Crippen LogP contribution in [-0.2, 0) is 57.3 Å². The molecule has 6 rings (SSSR count). The number of ketones is 3. The number of carbonyl (C=O) groups excluding carboxylic acids is 6. The van der Waals surface area contributed by atoms with Crippen molar-refractivity contribution in [3.63, 3.8) is 0 Å². The molecule has 3 atom stereocenters. The molecular weight excluding hydrogens is 1220 g/mol. The van der Waals surface area contributed by atoms with Crippen molar-refractivity contribution in [1.29, 1.82) is 0 Å². The van der Waals surface area contributed by atoms with Crippen LogP contribution >= 0.6 is 0 Å². The van der Waals surface area contributed by atoms with Gasteiger partial charge >= 0.3 is 63.8 Å². The number of methoxy groups -OCH3 is 1. The summed E-state index contributed by atoms with van der Waals surface area (Å²) in [5.74, 6) is -10.2. The molecule has 0 saturated carbocycles. The van der Waals surface area contributed by atoms with Gasteiger partial charge in [0.25, 0.3) is 0 Å². The fourth-order valence-corrected chi connectivity index (χ4v) is 9.33. The molecule has 87 heavy (non-hydrogen) atoms. The molecule has 0 aromatic heterocycles. The van der Waals surface area contributed by atoms with Crippen LogP contribution in [0.5, 0.6) is 5.75 Å². The van der Waals surface area contributed by atoms with Crippen molar-refractivity contribution >= 4 is 101 Å². The van der Waals surface area contributed by atoms with E-state index < -0.39 is 111 Å². The molecule has 0 spiro atoms. The molecule has 0 fully saturated rings. The molecule has 6 aromatic carbocycles. The van der Waals surface area contributed by atoms with Crippen molar-refractivity contribution in [3.8, 4) is 5.75 Å². The van der Waals surface area contributed by atoms with Gasteiger partial charge in [0.1, 0.15) is 29.9 Å². The zero-order valence-corrected chi connectivity index (χ0v) is 48.4. The van der Waals surface area contributed by atoms with Crippen LogP contribution in [0.1, 0.15) is 68.5 Å². The number of amides is 3. The van der Waals surface area contributed by atoms with Gasteiger partial charge in [-0.25, -0.2) is 4.39 Å². The minimum Gasteiger partial charge on any atom is -0.495 e. The van der Waals surface area contributed by atoms with E-state index in [4.69, 9.17) is 4.74 Å². The molecule has 6 aromatic rings. The summed E-state index contributed by atoms with van der Waals surface area (Å²) in [4.78, 5) is 72.1. The molecule has 0 aliphatic rings. The third-order valence-corrected chi connectivity index (χ3v) is 15.5. The number of carbonyl (C=O) groups is 6. The molecule has 3 N–H and O–H groups in total. The molecule has 0 radical (unpaired) electrons. The Kier molecular flexibility index (Phi) is 24.2. The summed E-state index contributed by atoms with van der Waals surface area (Å²) >= 11 is 0. The predicted molar refractivity (Wildman–Crippen MR) is 308 cm³/mol. The summed E-state index contributed by atoms with van der Waals surface area (Å²) in [6.07, 6.45) is -1.07. The Morgan fingerprint density at radius 1 is 0.437 bits per heavy atom. The zero-order chi connectivity index (χ0) is 65.3. The zero-order valence-electron chi connectivity index (χ0n) is 45.9. The van der Waals surface area contributed by atoms with Crippen LogP contribution in [0, 0.1) is 5.82 Å². The van der Waals surface area contributed by atoms with Crippen LogP contribution < -0.4 is 20.7 Å². The summed E-state index contributed by atoms with van der Waals surface area (Å²) < 4.78 is 189. The summed E-state index contributed by atoms with van der Waals surface area (Å²) in [6.45, 7) is 13.4. The number of ether oxygens (including phenoxy) is 1. The number of hydrogen-bond acceptors (Lipinski definition) is 16. The van der Waals surface area contributed by atoms with E-state index in [9.17, 15) is 84.8 Å². The van der Waals surface area contributed by atoms with Gasteiger partial charge in [-0.05, 0) is 73.9 Å². The number of Topliss-reactive ketones (excluding diaryl/α,β-unsaturated/α-hetero) is 3. The van der Waals surface area contributed by atoms with E-state index in [-0.39, 0.29) is 33.8 Å². The first-order chi connectivity index (χ1) is 40.6. The second-order valence-corrected chi connectivity index (χ2v) is 22.5. The van der Waals surface area contributed by atoms with Crippen molar-refractivity contribution in [2.24, 2.45) is 0 Å². The van der Waals surface area contributed by atoms with E-state index >= 15 is 0 Å². The second kappa shape index (κ2) is 29.9. The number of hydrogen-bond donors (Lipinski definition) is 3. The summed E-state index contributed by atoms with van der Waals surface area (Å²) in [5.41, 5.74) is 0.873. The summed E-state index contributed by atoms with van der Waals surface area (Å²) in [6, 6.07) is 34.9. The number of anilines is 3. The highest BCUT2D eigenvalue weighted by Crippen LogP contribution is 2.33. The Bertz CT molecular complexity index is 3860. The number of rotatable bonds is 25. The van der Waals surface area contributed by atoms with Gasteiger partial charge in [0.15, 0.2) is 17.3 Å². The Balaban J connectivity index is 0.000000279. The van der Waals surface area contributed by atoms with Gasteiger partial charge < -0.3 is 20.7 Å². The largest absolute Gasteiger partial charge is 0.495 e. The number of nitrogens with one attached hydrogen (secondary N) is 3. The molecule has 19 nitrogen and oxygen atoms in total. The first kappa shape index (κ1) is 70.5. The van der Waals surface area contributed by atoms with Crippen molar-refractivity contribution in [3.05, 3.63) is 211 Å². The quantitative estimate of drug-likeness (QED) is 0.0273. The Hall–Kier alpha value is -9.00. The minimum atomic E-state index is -5.86. The smallest absolute Gasteiger partial charge is 0.447 e. The maximum atomic E-state index is 14.4. The van der Waals surface area contributed by atoms with Crippen LogP contribution in [0.25, 0.3) is 18.2 Å². The van der Waals surface area contributed by atoms with Crippen LogP contribution in [-0.4, -0.2) is 102 Å². The van der Waals surface area contributed by atoms with Gasteiger partial charge in [0.05, 0.1) is 18.5 Å². The van der Waals surface area contributed by atoms with Crippen LogP contribution in [0.15, 0.2) is 171 Å². The van der Waals surface area contributed by atoms with Crippen LogP contribution in [0.2, 0.25) is 0 Å². The topological polar surface area (TPSA) is 278 Å². The lowest BCUT2D eigenvalue weighted by atomic mass is 10.1. The average molecular weight is 1280 g/mol. The molecule has 0 heterocycles. The standard InChI is InChI=1S/C20H19F2NO6S.C19H16F3NO5S.C19H17F2NO5S/c1-4-14-10-11-16(17(12-14)28-3)23-19(25)20(21,22)30(26,27)29-13(2)18(24)15-8-6-5-7-9-15;1-3-13-9-10-16(15(20)11-13)23-18(25)19(21,22)29(26,27)28-12(2)17(24)14-7-5-4-6-8-14;1-3-14-9-11-16(12-10-14)22-18(24)19(20,21)28(25,26)27-13(2)17(23)15-7-5-4-6-8-15/h4-13H,1H2,2-3H3,(H,23,25);3-12H,1H2,2H3,(H,23,25);3-13H,1H2,2H3,(H,22,24). The summed E-state index contributed by atoms with van der Waals surface area (Å²) in [7, 11) is -16.1. The van der Waals surface area contributed by atoms with Gasteiger partial charge in [-0.1, -0.05) is 153 Å². The molecule has 462 valence electrons. The molecule has 3 unspecified atom stereocenters. The molecule has 29 heteroatoms. The normalized spacial score (nSPS) is 12.8. The maximum Gasteiger partial charge on any atom is 0.447 e. The molecule has 0 aliphatic heterocycles. The summed E-state index contributed by atoms with van der Waals surface area (Å²) in [5, 5.41) is -9.85. The van der Waals surface area contributed by atoms with Crippen molar-refractivity contribution in [2.75, 3.05) is 23.1 Å². The highest BCUT2D eigenvalue weighted by atomic mass is 32.2. The first-order valence-electron chi connectivity index (χ1n) is 24.7. The van der Waals surface area contributed by atoms with Crippen LogP contribution in [0.4, 0.5) is 47.8 Å². The van der Waals surface area contributed by atoms with E-state index in [0.717, 1.165) is 32.9 Å². The lowest BCUT2D eigenvalue weighted by Crippen LogP contribution is -2.45. The van der Waals surface area contributed by atoms with E-state index in [1.807, 2.05) is 0 Å². The van der Waals surface area contributed by atoms with Gasteiger partial charge in [0, 0.05) is 22.4 Å². The molecule has 0 saturated heterocycles. The third kappa shape index (κ3) is 18.0. The van der Waals surface area contributed by atoms with Gasteiger partial charge in [0.2, 0.25) is 0 Å². The van der Waals surface area contributed by atoms with E-state index in [0.29, 0.717) is 16.7 Å². The van der Waals surface area contributed by atoms with Gasteiger partial charge in [-0.2, -0.15) is 51.6 Å². The molecule has 0 bridgehead atoms. The van der Waals surface area contributed by atoms with Crippen molar-refractivity contribution < 1.29 is 102 Å². The predicted octanol–water partition coefficient (Wildman–Crippen LogP) is 10.6. The Labute approximate surface area is 494 Å². The fraction of sp³-hybridized carbons (Fsp3) is 0.172. The highest BCUT2D eigenvalue weighted by Gasteiger charge is 2.57. The molecule has 3 amide bonds. The fourth-order valence-electron chi connectivity index (χ4n) is 6.73. The lowest BCUT2D eigenvalue weighted by Gasteiger charge is -2.19.